The number of thiazole rings is 1. The average Bonchev–Trinajstić information content (AvgIpc) is 3.17. The van der Waals surface area contributed by atoms with Gasteiger partial charge in [-0.25, -0.2) is 9.98 Å². The van der Waals surface area contributed by atoms with Crippen molar-refractivity contribution in [3.05, 3.63) is 76.0 Å². The minimum Gasteiger partial charge on any atom is -0.487 e. The van der Waals surface area contributed by atoms with E-state index in [4.69, 9.17) is 4.74 Å². The fraction of sp³-hybridized carbons (Fsp3) is 0.318. The number of pyridine rings is 1. The van der Waals surface area contributed by atoms with Crippen LogP contribution in [0.4, 0.5) is 0 Å². The number of aryl methyl sites for hydroxylation is 1. The molecule has 0 saturated heterocycles. The van der Waals surface area contributed by atoms with E-state index in [0.29, 0.717) is 13.2 Å². The number of nitrogens with one attached hydrogen (secondary N) is 2. The van der Waals surface area contributed by atoms with Crippen LogP contribution in [0.25, 0.3) is 0 Å². The first-order chi connectivity index (χ1) is 14.2. The van der Waals surface area contributed by atoms with E-state index in [9.17, 15) is 0 Å². The number of benzene rings is 1. The van der Waals surface area contributed by atoms with Crippen molar-refractivity contribution in [3.63, 3.8) is 0 Å². The molecule has 0 spiro atoms. The van der Waals surface area contributed by atoms with Gasteiger partial charge in [0.05, 0.1) is 22.9 Å². The Kier molecular flexibility index (Phi) is 10.6. The van der Waals surface area contributed by atoms with E-state index in [2.05, 4.69) is 37.9 Å². The number of aliphatic imine (C=N–C) groups is 1. The van der Waals surface area contributed by atoms with E-state index in [0.717, 1.165) is 53.2 Å². The van der Waals surface area contributed by atoms with Gasteiger partial charge < -0.3 is 15.4 Å². The van der Waals surface area contributed by atoms with Crippen molar-refractivity contribution in [1.82, 2.24) is 20.6 Å². The second-order valence-corrected chi connectivity index (χ2v) is 7.55. The fourth-order valence-corrected chi connectivity index (χ4v) is 3.32. The van der Waals surface area contributed by atoms with Crippen molar-refractivity contribution in [2.45, 2.75) is 33.4 Å². The van der Waals surface area contributed by atoms with E-state index in [1.165, 1.54) is 0 Å². The Morgan fingerprint density at radius 2 is 1.93 bits per heavy atom. The molecule has 0 unspecified atom stereocenters. The van der Waals surface area contributed by atoms with Gasteiger partial charge in [0.2, 0.25) is 0 Å². The van der Waals surface area contributed by atoms with Crippen molar-refractivity contribution in [3.8, 4) is 5.75 Å². The first-order valence-corrected chi connectivity index (χ1v) is 10.7. The summed E-state index contributed by atoms with van der Waals surface area (Å²) in [6.45, 7) is 6.78. The van der Waals surface area contributed by atoms with E-state index in [1.54, 1.807) is 17.5 Å². The number of rotatable bonds is 9. The molecule has 2 aromatic heterocycles. The van der Waals surface area contributed by atoms with Crippen molar-refractivity contribution >= 4 is 41.3 Å². The highest BCUT2D eigenvalue weighted by Crippen LogP contribution is 2.14. The number of aromatic nitrogens is 2. The molecule has 0 radical (unpaired) electrons. The van der Waals surface area contributed by atoms with Crippen LogP contribution in [0.2, 0.25) is 0 Å². The van der Waals surface area contributed by atoms with Gasteiger partial charge in [0, 0.05) is 31.1 Å². The number of ether oxygens (including phenoxy) is 1. The molecule has 30 heavy (non-hydrogen) atoms. The van der Waals surface area contributed by atoms with Gasteiger partial charge in [-0.3, -0.25) is 4.98 Å². The van der Waals surface area contributed by atoms with E-state index < -0.39 is 0 Å². The standard InChI is InChI=1S/C22H27N5OS.HI/c1-3-23-22(25-13-11-20-16-29-17(2)27-20)26-14-18-7-9-21(10-8-18)28-15-19-6-4-5-12-24-19;/h4-10,12,16H,3,11,13-15H2,1-2H3,(H2,23,25,26);1H. The van der Waals surface area contributed by atoms with Crippen LogP contribution < -0.4 is 15.4 Å². The van der Waals surface area contributed by atoms with Crippen LogP contribution >= 0.6 is 35.3 Å². The molecule has 0 aliphatic heterocycles. The molecule has 0 aliphatic carbocycles. The summed E-state index contributed by atoms with van der Waals surface area (Å²) in [5, 5.41) is 9.87. The van der Waals surface area contributed by atoms with Crippen molar-refractivity contribution in [2.75, 3.05) is 13.1 Å². The van der Waals surface area contributed by atoms with Gasteiger partial charge in [-0.1, -0.05) is 18.2 Å². The summed E-state index contributed by atoms with van der Waals surface area (Å²) in [6, 6.07) is 13.8. The second kappa shape index (κ2) is 13.2. The highest BCUT2D eigenvalue weighted by Gasteiger charge is 2.02. The molecule has 0 bridgehead atoms. The Morgan fingerprint density at radius 1 is 1.10 bits per heavy atom. The molecule has 6 nitrogen and oxygen atoms in total. The quantitative estimate of drug-likeness (QED) is 0.242. The minimum atomic E-state index is 0. The van der Waals surface area contributed by atoms with Gasteiger partial charge in [0.1, 0.15) is 12.4 Å². The van der Waals surface area contributed by atoms with Gasteiger partial charge in [-0.15, -0.1) is 35.3 Å². The van der Waals surface area contributed by atoms with Crippen LogP contribution in [0, 0.1) is 6.92 Å². The summed E-state index contributed by atoms with van der Waals surface area (Å²) in [7, 11) is 0. The molecule has 2 N–H and O–H groups in total. The third-order valence-electron chi connectivity index (χ3n) is 4.14. The largest absolute Gasteiger partial charge is 0.487 e. The highest BCUT2D eigenvalue weighted by atomic mass is 127. The zero-order valence-electron chi connectivity index (χ0n) is 17.3. The monoisotopic (exact) mass is 537 g/mol. The number of hydrogen-bond acceptors (Lipinski definition) is 5. The zero-order valence-corrected chi connectivity index (χ0v) is 20.4. The van der Waals surface area contributed by atoms with Crippen LogP contribution in [0.3, 0.4) is 0 Å². The molecular formula is C22H28IN5OS. The molecule has 0 atom stereocenters. The van der Waals surface area contributed by atoms with Gasteiger partial charge in [-0.05, 0) is 43.7 Å². The Balaban J connectivity index is 0.00000320. The predicted molar refractivity (Wildman–Crippen MR) is 134 cm³/mol. The Hall–Kier alpha value is -2.20. The first-order valence-electron chi connectivity index (χ1n) is 9.78. The Morgan fingerprint density at radius 3 is 2.60 bits per heavy atom. The molecule has 3 rings (SSSR count). The summed E-state index contributed by atoms with van der Waals surface area (Å²) in [5.41, 5.74) is 3.16. The normalized spacial score (nSPS) is 10.9. The van der Waals surface area contributed by atoms with Gasteiger partial charge in [-0.2, -0.15) is 0 Å². The zero-order chi connectivity index (χ0) is 20.3. The molecule has 1 aromatic carbocycles. The lowest BCUT2D eigenvalue weighted by molar-refractivity contribution is 0.301. The topological polar surface area (TPSA) is 71.4 Å². The summed E-state index contributed by atoms with van der Waals surface area (Å²) >= 11 is 1.69. The lowest BCUT2D eigenvalue weighted by Crippen LogP contribution is -2.38. The van der Waals surface area contributed by atoms with Gasteiger partial charge in [0.15, 0.2) is 5.96 Å². The molecule has 0 aliphatic rings. The van der Waals surface area contributed by atoms with Crippen LogP contribution in [0.15, 0.2) is 59.0 Å². The molecule has 0 fully saturated rings. The first kappa shape index (κ1) is 24.1. The fourth-order valence-electron chi connectivity index (χ4n) is 2.68. The van der Waals surface area contributed by atoms with Gasteiger partial charge in [0.25, 0.3) is 0 Å². The number of guanidine groups is 1. The summed E-state index contributed by atoms with van der Waals surface area (Å²) < 4.78 is 5.78. The van der Waals surface area contributed by atoms with Crippen LogP contribution in [-0.4, -0.2) is 29.0 Å². The van der Waals surface area contributed by atoms with Crippen LogP contribution in [0.1, 0.15) is 28.9 Å². The third kappa shape index (κ3) is 8.27. The summed E-state index contributed by atoms with van der Waals surface area (Å²) in [5.74, 6) is 1.64. The Bertz CT molecular complexity index is 899. The number of halogens is 1. The average molecular weight is 537 g/mol. The van der Waals surface area contributed by atoms with E-state index in [1.807, 2.05) is 49.4 Å². The van der Waals surface area contributed by atoms with E-state index in [-0.39, 0.29) is 24.0 Å². The summed E-state index contributed by atoms with van der Waals surface area (Å²) in [4.78, 5) is 13.4. The van der Waals surface area contributed by atoms with Crippen molar-refractivity contribution in [1.29, 1.82) is 0 Å². The predicted octanol–water partition coefficient (Wildman–Crippen LogP) is 4.34. The molecule has 8 heteroatoms. The van der Waals surface area contributed by atoms with E-state index >= 15 is 0 Å². The molecule has 160 valence electrons. The molecule has 3 aromatic rings. The second-order valence-electron chi connectivity index (χ2n) is 6.48. The van der Waals surface area contributed by atoms with Crippen molar-refractivity contribution in [2.24, 2.45) is 4.99 Å². The number of nitrogens with zero attached hydrogens (tertiary/aromatic N) is 3. The maximum Gasteiger partial charge on any atom is 0.191 e. The SMILES string of the molecule is CCNC(=NCc1ccc(OCc2ccccn2)cc1)NCCc1csc(C)n1.I. The highest BCUT2D eigenvalue weighted by molar-refractivity contribution is 14.0. The Labute approximate surface area is 199 Å². The van der Waals surface area contributed by atoms with Crippen LogP contribution in [0.5, 0.6) is 5.75 Å². The van der Waals surface area contributed by atoms with Crippen molar-refractivity contribution < 1.29 is 4.74 Å². The molecule has 2 heterocycles. The lowest BCUT2D eigenvalue weighted by Gasteiger charge is -2.11. The molecular weight excluding hydrogens is 509 g/mol. The molecule has 0 saturated carbocycles. The van der Waals surface area contributed by atoms with Gasteiger partial charge >= 0.3 is 0 Å². The molecule has 0 amide bonds. The maximum absolute atomic E-state index is 5.78. The summed E-state index contributed by atoms with van der Waals surface area (Å²) in [6.07, 6.45) is 2.66. The number of hydrogen-bond donors (Lipinski definition) is 2. The smallest absolute Gasteiger partial charge is 0.191 e. The third-order valence-corrected chi connectivity index (χ3v) is 4.96. The minimum absolute atomic E-state index is 0. The maximum atomic E-state index is 5.78. The van der Waals surface area contributed by atoms with Crippen LogP contribution in [-0.2, 0) is 19.6 Å². The lowest BCUT2D eigenvalue weighted by atomic mass is 10.2.